The van der Waals surface area contributed by atoms with Crippen LogP contribution in [0.2, 0.25) is 0 Å². The van der Waals surface area contributed by atoms with Crippen molar-refractivity contribution < 1.29 is 62.6 Å². The highest BCUT2D eigenvalue weighted by Gasteiger charge is 2.47. The van der Waals surface area contributed by atoms with E-state index in [0.717, 1.165) is 195 Å². The molecule has 4 aromatic carbocycles. The first-order valence-corrected chi connectivity index (χ1v) is 50.0. The summed E-state index contributed by atoms with van der Waals surface area (Å²) in [7, 11) is 0. The quantitative estimate of drug-likeness (QED) is 0.0189. The monoisotopic (exact) mass is 1840 g/mol. The van der Waals surface area contributed by atoms with Crippen LogP contribution in [-0.4, -0.2) is 190 Å². The van der Waals surface area contributed by atoms with Crippen LogP contribution in [0.1, 0.15) is 266 Å². The second-order valence-corrected chi connectivity index (χ2v) is 38.1. The van der Waals surface area contributed by atoms with E-state index in [-0.39, 0.29) is 124 Å². The Morgan fingerprint density at radius 1 is 0.336 bits per heavy atom. The van der Waals surface area contributed by atoms with Crippen LogP contribution >= 0.6 is 0 Å². The molecule has 6 aromatic rings. The Morgan fingerprint density at radius 2 is 0.612 bits per heavy atom. The number of para-hydroxylation sites is 5. The second-order valence-electron chi connectivity index (χ2n) is 38.1. The minimum Gasteiger partial charge on any atom is -0.506 e. The zero-order valence-corrected chi connectivity index (χ0v) is 80.3. The Hall–Kier alpha value is -11.5. The molecule has 134 heavy (non-hydrogen) atoms. The largest absolute Gasteiger partial charge is 0.506 e. The summed E-state index contributed by atoms with van der Waals surface area (Å²) >= 11 is 0. The van der Waals surface area contributed by atoms with Gasteiger partial charge in [-0.05, 0) is 207 Å². The molecular formula is C105H146N16O13. The Balaban J connectivity index is 0.000000172. The number of aromatic nitrogens is 4. The van der Waals surface area contributed by atoms with Gasteiger partial charge in [0.25, 0.3) is 0 Å². The van der Waals surface area contributed by atoms with Crippen LogP contribution in [0, 0.1) is 54.3 Å². The van der Waals surface area contributed by atoms with Crippen molar-refractivity contribution in [3.8, 4) is 28.3 Å². The van der Waals surface area contributed by atoms with Crippen molar-refractivity contribution in [1.82, 2.24) is 60.8 Å². The molecule has 0 unspecified atom stereocenters. The first kappa shape index (κ1) is 103. The van der Waals surface area contributed by atoms with Crippen molar-refractivity contribution in [2.24, 2.45) is 47.3 Å². The van der Waals surface area contributed by atoms with E-state index in [1.165, 1.54) is 18.8 Å². The lowest BCUT2D eigenvalue weighted by Gasteiger charge is -2.35. The van der Waals surface area contributed by atoms with Gasteiger partial charge >= 0.3 is 0 Å². The smallest absolute Gasteiger partial charge is 0.247 e. The molecule has 4 saturated carbocycles. The van der Waals surface area contributed by atoms with Gasteiger partial charge in [-0.25, -0.2) is 19.9 Å². The molecule has 2 aromatic heterocycles. The van der Waals surface area contributed by atoms with E-state index >= 15 is 0 Å². The highest BCUT2D eigenvalue weighted by Crippen LogP contribution is 2.38. The normalized spacial score (nSPS) is 20.6. The number of rotatable bonds is 30. The maximum absolute atomic E-state index is 13.9. The molecule has 0 radical (unpaired) electrons. The van der Waals surface area contributed by atoms with Crippen molar-refractivity contribution in [3.05, 3.63) is 140 Å². The Morgan fingerprint density at radius 3 is 0.933 bits per heavy atom. The number of carbonyl (C=O) groups is 12. The molecule has 12 atom stereocenters. The average molecular weight is 1840 g/mol. The molecule has 6 heterocycles. The first-order valence-electron chi connectivity index (χ1n) is 50.0. The van der Waals surface area contributed by atoms with Gasteiger partial charge in [-0.15, -0.1) is 0 Å². The fourth-order valence-corrected chi connectivity index (χ4v) is 19.9. The van der Waals surface area contributed by atoms with E-state index in [4.69, 9.17) is 0 Å². The van der Waals surface area contributed by atoms with Gasteiger partial charge in [-0.3, -0.25) is 57.5 Å². The number of phenolic OH excluding ortho intramolecular Hbond substituents is 1. The molecule has 29 nitrogen and oxygen atoms in total. The summed E-state index contributed by atoms with van der Waals surface area (Å²) < 4.78 is 0. The number of phenols is 1. The molecule has 0 bridgehead atoms. The second kappa shape index (κ2) is 51.8. The van der Waals surface area contributed by atoms with E-state index < -0.39 is 48.3 Å². The van der Waals surface area contributed by atoms with Crippen LogP contribution in [-0.2, 0) is 57.5 Å². The zero-order chi connectivity index (χ0) is 95.7. The van der Waals surface area contributed by atoms with Gasteiger partial charge in [0.1, 0.15) is 60.4 Å². The van der Waals surface area contributed by atoms with E-state index in [1.54, 1.807) is 68.7 Å². The number of aromatic hydroxyl groups is 1. The van der Waals surface area contributed by atoms with Crippen LogP contribution in [0.15, 0.2) is 134 Å². The molecule has 9 N–H and O–H groups in total. The van der Waals surface area contributed by atoms with Gasteiger partial charge in [0.15, 0.2) is 5.82 Å². The van der Waals surface area contributed by atoms with Crippen LogP contribution in [0.3, 0.4) is 0 Å². The minimum atomic E-state index is -0.598. The first-order chi connectivity index (χ1) is 64.8. The standard InChI is InChI=1S/2C28H37N5O3.C25H37N3O3.C24H35N3O4/c1-3-19(2)26(34)32-24(20-11-5-4-6-12-20)28(36)33-18-9-15-23(33)27(35)31-22-14-8-7-13-21(22)25-29-16-10-17-30-25;1-3-19(2)26(34)32-25(20-10-5-4-6-11-20)28(36)33-15-9-14-24(33)27(35)31-23-13-8-7-12-22(23)21-16-29-18-30-17-21;1-4-17(2)23(29)27-22(19-12-6-5-7-13-19)25(31)28-16-10-15-21(28)24(30)26-20-14-9-8-11-18(20)3;1-3-16(2)22(29)26-21(17-10-5-4-6-11-17)24(31)27-15-9-13-19(27)23(30)25-18-12-7-8-14-20(18)28/h7-8,10,13-14,16-17,19-20,23-24H,3-6,9,11-12,15,18H2,1-2H3,(H,31,35)(H,32,34);7-8,12-13,16-20,24-25H,3-6,9-11,14-15H2,1-2H3,(H,31,35)(H,32,34);8-9,11,14,17,19,21-22H,4-7,10,12-13,15-16H2,1-3H3,(H,26,30)(H,27,29);7-8,12,14,16-17,19,21,28H,3-6,9-11,13,15H2,1-2H3,(H,25,30)(H,26,29)/t19-,23+,24+;19-,24+,25+;17-,21+,22+;16-,19+,21+/m1111/s1. The van der Waals surface area contributed by atoms with Crippen molar-refractivity contribution in [1.29, 1.82) is 0 Å². The number of carbonyl (C=O) groups excluding carboxylic acids is 12. The number of benzene rings is 4. The number of anilines is 4. The number of amides is 12. The molecule has 724 valence electrons. The zero-order valence-electron chi connectivity index (χ0n) is 80.3. The third kappa shape index (κ3) is 27.9. The van der Waals surface area contributed by atoms with E-state index in [2.05, 4.69) is 62.5 Å². The Kier molecular flexibility index (Phi) is 39.8. The summed E-state index contributed by atoms with van der Waals surface area (Å²) in [5, 5.41) is 34.0. The lowest BCUT2D eigenvalue weighted by atomic mass is 9.83. The molecule has 14 rings (SSSR count). The van der Waals surface area contributed by atoms with E-state index in [1.807, 2.05) is 135 Å². The van der Waals surface area contributed by atoms with Crippen molar-refractivity contribution in [2.75, 3.05) is 47.4 Å². The molecule has 4 aliphatic carbocycles. The summed E-state index contributed by atoms with van der Waals surface area (Å²) in [6.45, 7) is 19.5. The SMILES string of the molecule is CC[C@@H](C)C(=O)N[C@H](C(=O)N1CCC[C@H]1C(=O)Nc1ccccc1-c1cncnc1)C1CCCCC1.CC[C@@H](C)C(=O)N[C@H](C(=O)N1CCC[C@H]1C(=O)Nc1ccccc1-c1ncccn1)C1CCCCC1.CC[C@@H](C)C(=O)N[C@H](C(=O)N1CCC[C@H]1C(=O)Nc1ccccc1C)C1CCCCC1.CC[C@@H](C)C(=O)N[C@H](C(=O)N1CCC[C@H]1C(=O)Nc1ccccc1O)C1CCCCC1. The topological polar surface area (TPSA) is 386 Å². The maximum atomic E-state index is 13.9. The molecule has 0 spiro atoms. The summed E-state index contributed by atoms with van der Waals surface area (Å²) in [4.78, 5) is 182. The highest BCUT2D eigenvalue weighted by molar-refractivity contribution is 6.04. The van der Waals surface area contributed by atoms with Crippen LogP contribution < -0.4 is 42.5 Å². The Bertz CT molecular complexity index is 4580. The predicted molar refractivity (Wildman–Crippen MR) is 520 cm³/mol. The van der Waals surface area contributed by atoms with E-state index in [0.29, 0.717) is 81.2 Å². The van der Waals surface area contributed by atoms with Gasteiger partial charge in [0.2, 0.25) is 70.9 Å². The molecule has 4 aliphatic heterocycles. The average Bonchev–Trinajstić information content (AvgIpc) is 1.60. The Labute approximate surface area is 791 Å². The summed E-state index contributed by atoms with van der Waals surface area (Å²) in [6.07, 6.45) is 37.2. The molecule has 8 aliphatic rings. The lowest BCUT2D eigenvalue weighted by molar-refractivity contribution is -0.142. The highest BCUT2D eigenvalue weighted by atomic mass is 16.3. The maximum Gasteiger partial charge on any atom is 0.247 e. The van der Waals surface area contributed by atoms with Crippen LogP contribution in [0.25, 0.3) is 22.5 Å². The van der Waals surface area contributed by atoms with E-state index in [9.17, 15) is 62.6 Å². The number of hydrogen-bond donors (Lipinski definition) is 9. The molecule has 8 fully saturated rings. The summed E-state index contributed by atoms with van der Waals surface area (Å²) in [6, 6.07) is 26.4. The number of hydrogen-bond acceptors (Lipinski definition) is 17. The summed E-state index contributed by atoms with van der Waals surface area (Å²) in [5.74, 6) is -1.29. The van der Waals surface area contributed by atoms with Crippen molar-refractivity contribution >= 4 is 93.6 Å². The van der Waals surface area contributed by atoms with Crippen molar-refractivity contribution in [3.63, 3.8) is 0 Å². The van der Waals surface area contributed by atoms with Crippen LogP contribution in [0.5, 0.6) is 5.75 Å². The molecular weight excluding hydrogens is 1690 g/mol. The number of nitrogens with zero attached hydrogens (tertiary/aromatic N) is 8. The van der Waals surface area contributed by atoms with Gasteiger partial charge in [-0.2, -0.15) is 0 Å². The summed E-state index contributed by atoms with van der Waals surface area (Å²) in [5.41, 5.74) is 5.73. The third-order valence-electron chi connectivity index (χ3n) is 28.9. The van der Waals surface area contributed by atoms with Gasteiger partial charge in [-0.1, -0.05) is 193 Å². The third-order valence-corrected chi connectivity index (χ3v) is 28.9. The molecule has 12 amide bonds. The molecule has 29 heteroatoms. The van der Waals surface area contributed by atoms with Gasteiger partial charge in [0, 0.05) is 103 Å². The fraction of sp³-hybridized carbons (Fsp3) is 0.581. The van der Waals surface area contributed by atoms with Gasteiger partial charge < -0.3 is 67.2 Å². The van der Waals surface area contributed by atoms with Crippen molar-refractivity contribution in [2.45, 2.75) is 316 Å². The number of nitrogens with one attached hydrogen (secondary N) is 8. The van der Waals surface area contributed by atoms with Gasteiger partial charge in [0.05, 0.1) is 11.4 Å². The predicted octanol–water partition coefficient (Wildman–Crippen LogP) is 15.8. The molecule has 4 saturated heterocycles. The number of likely N-dealkylation sites (tertiary alicyclic amines) is 4. The van der Waals surface area contributed by atoms with Crippen LogP contribution in [0.4, 0.5) is 22.7 Å². The fourth-order valence-electron chi connectivity index (χ4n) is 19.9. The lowest BCUT2D eigenvalue weighted by Crippen LogP contribution is -2.56. The minimum absolute atomic E-state index is 0.00683. The number of aryl methyl sites for hydroxylation is 1.